The first kappa shape index (κ1) is 23.8. The molecule has 2 aromatic rings. The summed E-state index contributed by atoms with van der Waals surface area (Å²) in [5.74, 6) is 0.649. The van der Waals surface area contributed by atoms with E-state index in [9.17, 15) is 14.4 Å². The van der Waals surface area contributed by atoms with Crippen LogP contribution in [0.15, 0.2) is 42.5 Å². The lowest BCUT2D eigenvalue weighted by molar-refractivity contribution is -0.118. The maximum atomic E-state index is 13.3. The topological polar surface area (TPSA) is 79.0 Å². The number of hydrogen-bond acceptors (Lipinski definition) is 4. The number of fused-ring (bicyclic) bond motifs is 3. The number of para-hydroxylation sites is 1. The lowest BCUT2D eigenvalue weighted by Gasteiger charge is -2.48. The quantitative estimate of drug-likeness (QED) is 0.537. The van der Waals surface area contributed by atoms with Crippen LogP contribution < -0.4 is 15.0 Å². The van der Waals surface area contributed by atoms with Crippen molar-refractivity contribution < 1.29 is 19.1 Å². The smallest absolute Gasteiger partial charge is 0.257 e. The van der Waals surface area contributed by atoms with Gasteiger partial charge in [0.1, 0.15) is 11.4 Å². The van der Waals surface area contributed by atoms with Crippen molar-refractivity contribution in [2.45, 2.75) is 65.0 Å². The van der Waals surface area contributed by atoms with E-state index in [2.05, 4.69) is 12.2 Å². The summed E-state index contributed by atoms with van der Waals surface area (Å²) in [7, 11) is 0. The zero-order chi connectivity index (χ0) is 24.3. The van der Waals surface area contributed by atoms with Crippen LogP contribution in [0.25, 0.3) is 0 Å². The molecule has 0 radical (unpaired) electrons. The summed E-state index contributed by atoms with van der Waals surface area (Å²) in [5, 5.41) is 2.97. The molecule has 0 saturated carbocycles. The predicted octanol–water partition coefficient (Wildman–Crippen LogP) is 4.89. The van der Waals surface area contributed by atoms with Crippen LogP contribution in [-0.2, 0) is 9.59 Å². The second kappa shape index (κ2) is 9.87. The fourth-order valence-corrected chi connectivity index (χ4v) is 4.85. The number of ether oxygens (including phenoxy) is 1. The highest BCUT2D eigenvalue weighted by Gasteiger charge is 2.52. The van der Waals surface area contributed by atoms with Crippen LogP contribution in [0.3, 0.4) is 0 Å². The van der Waals surface area contributed by atoms with Gasteiger partial charge in [-0.15, -0.1) is 0 Å². The first-order valence-corrected chi connectivity index (χ1v) is 12.1. The molecular formula is C27H33N3O4. The van der Waals surface area contributed by atoms with Gasteiger partial charge < -0.3 is 15.0 Å². The lowest BCUT2D eigenvalue weighted by Crippen LogP contribution is -2.62. The monoisotopic (exact) mass is 463 g/mol. The Labute approximate surface area is 201 Å². The molecule has 3 amide bonds. The average Bonchev–Trinajstić information content (AvgIpc) is 3.13. The molecule has 1 saturated heterocycles. The number of anilines is 2. The first-order valence-electron chi connectivity index (χ1n) is 12.1. The minimum absolute atomic E-state index is 0.0304. The number of aryl methyl sites for hydroxylation is 1. The molecule has 0 spiro atoms. The first-order chi connectivity index (χ1) is 16.3. The van der Waals surface area contributed by atoms with Gasteiger partial charge in [-0.2, -0.15) is 0 Å². The average molecular weight is 464 g/mol. The normalized spacial score (nSPS) is 19.1. The fraction of sp³-hybridized carbons (Fsp3) is 0.444. The Bertz CT molecular complexity index is 1100. The van der Waals surface area contributed by atoms with Gasteiger partial charge in [-0.1, -0.05) is 25.5 Å². The molecule has 7 nitrogen and oxygen atoms in total. The standard InChI is InChI=1S/C27H33N3O4/c1-4-5-17-34-20-12-13-22(19(2)18-20)28-24(31)11-8-16-29-26(33)21-9-6-7-10-23(21)30-25(32)14-15-27(29,30)3/h6-7,9-10,12-13,18H,4-5,8,11,14-17H2,1-3H3,(H,28,31). The van der Waals surface area contributed by atoms with Crippen molar-refractivity contribution in [3.63, 3.8) is 0 Å². The van der Waals surface area contributed by atoms with Crippen molar-refractivity contribution in [2.75, 3.05) is 23.4 Å². The third-order valence-electron chi connectivity index (χ3n) is 6.77. The van der Waals surface area contributed by atoms with E-state index in [0.29, 0.717) is 43.7 Å². The Morgan fingerprint density at radius 3 is 2.71 bits per heavy atom. The Morgan fingerprint density at radius 2 is 1.94 bits per heavy atom. The number of carbonyl (C=O) groups is 3. The van der Waals surface area contributed by atoms with Crippen LogP contribution in [0.5, 0.6) is 5.75 Å². The Balaban J connectivity index is 1.37. The molecule has 2 aromatic carbocycles. The van der Waals surface area contributed by atoms with Gasteiger partial charge >= 0.3 is 0 Å². The summed E-state index contributed by atoms with van der Waals surface area (Å²) in [6, 6.07) is 12.9. The van der Waals surface area contributed by atoms with Crippen LogP contribution in [-0.4, -0.2) is 41.4 Å². The molecule has 2 aliphatic heterocycles. The van der Waals surface area contributed by atoms with E-state index >= 15 is 0 Å². The molecule has 2 aliphatic rings. The summed E-state index contributed by atoms with van der Waals surface area (Å²) >= 11 is 0. The van der Waals surface area contributed by atoms with Crippen LogP contribution in [0, 0.1) is 6.92 Å². The molecule has 1 N–H and O–H groups in total. The van der Waals surface area contributed by atoms with Crippen molar-refractivity contribution in [1.82, 2.24) is 4.90 Å². The Hall–Kier alpha value is -3.35. The Kier molecular flexibility index (Phi) is 6.91. The molecule has 0 aliphatic carbocycles. The van der Waals surface area contributed by atoms with Gasteiger partial charge in [0, 0.05) is 25.1 Å². The minimum Gasteiger partial charge on any atom is -0.494 e. The maximum Gasteiger partial charge on any atom is 0.257 e. The van der Waals surface area contributed by atoms with Crippen molar-refractivity contribution in [1.29, 1.82) is 0 Å². The van der Waals surface area contributed by atoms with Gasteiger partial charge in [-0.05, 0) is 69.0 Å². The largest absolute Gasteiger partial charge is 0.494 e. The van der Waals surface area contributed by atoms with Gasteiger partial charge in [-0.3, -0.25) is 19.3 Å². The summed E-state index contributed by atoms with van der Waals surface area (Å²) in [5.41, 5.74) is 2.23. The molecule has 34 heavy (non-hydrogen) atoms. The molecule has 7 heteroatoms. The molecular weight excluding hydrogens is 430 g/mol. The van der Waals surface area contributed by atoms with Gasteiger partial charge in [0.25, 0.3) is 5.91 Å². The fourth-order valence-electron chi connectivity index (χ4n) is 4.85. The number of rotatable bonds is 9. The second-order valence-corrected chi connectivity index (χ2v) is 9.25. The van der Waals surface area contributed by atoms with Gasteiger partial charge in [0.05, 0.1) is 17.9 Å². The number of carbonyl (C=O) groups excluding carboxylic acids is 3. The molecule has 1 atom stereocenters. The van der Waals surface area contributed by atoms with Crippen molar-refractivity contribution in [2.24, 2.45) is 0 Å². The zero-order valence-electron chi connectivity index (χ0n) is 20.2. The molecule has 0 bridgehead atoms. The number of nitrogens with one attached hydrogen (secondary N) is 1. The van der Waals surface area contributed by atoms with E-state index in [4.69, 9.17) is 4.74 Å². The molecule has 2 heterocycles. The van der Waals surface area contributed by atoms with Gasteiger partial charge in [-0.25, -0.2) is 0 Å². The van der Waals surface area contributed by atoms with E-state index in [0.717, 1.165) is 29.8 Å². The summed E-state index contributed by atoms with van der Waals surface area (Å²) in [6.45, 7) is 7.10. The summed E-state index contributed by atoms with van der Waals surface area (Å²) in [6.07, 6.45) is 3.87. The van der Waals surface area contributed by atoms with Crippen LogP contribution in [0.4, 0.5) is 11.4 Å². The minimum atomic E-state index is -0.691. The molecule has 180 valence electrons. The van der Waals surface area contributed by atoms with E-state index < -0.39 is 5.66 Å². The van der Waals surface area contributed by atoms with Crippen LogP contribution >= 0.6 is 0 Å². The third-order valence-corrected chi connectivity index (χ3v) is 6.77. The van der Waals surface area contributed by atoms with E-state index in [1.807, 2.05) is 50.2 Å². The molecule has 1 fully saturated rings. The van der Waals surface area contributed by atoms with Crippen molar-refractivity contribution in [3.05, 3.63) is 53.6 Å². The van der Waals surface area contributed by atoms with Crippen LogP contribution in [0.1, 0.15) is 68.3 Å². The zero-order valence-corrected chi connectivity index (χ0v) is 20.2. The van der Waals surface area contributed by atoms with Gasteiger partial charge in [0.15, 0.2) is 0 Å². The van der Waals surface area contributed by atoms with Crippen molar-refractivity contribution >= 4 is 29.1 Å². The third kappa shape index (κ3) is 4.52. The number of benzene rings is 2. The second-order valence-electron chi connectivity index (χ2n) is 9.25. The summed E-state index contributed by atoms with van der Waals surface area (Å²) < 4.78 is 5.73. The molecule has 1 unspecified atom stereocenters. The highest BCUT2D eigenvalue weighted by Crippen LogP contribution is 2.44. The highest BCUT2D eigenvalue weighted by molar-refractivity contribution is 6.10. The predicted molar refractivity (Wildman–Crippen MR) is 132 cm³/mol. The van der Waals surface area contributed by atoms with Crippen LogP contribution in [0.2, 0.25) is 0 Å². The molecule has 0 aromatic heterocycles. The number of unbranched alkanes of at least 4 members (excludes halogenated alkanes) is 1. The Morgan fingerprint density at radius 1 is 1.15 bits per heavy atom. The van der Waals surface area contributed by atoms with E-state index in [1.54, 1.807) is 15.9 Å². The lowest BCUT2D eigenvalue weighted by atomic mass is 9.98. The number of hydrogen-bond donors (Lipinski definition) is 1. The maximum absolute atomic E-state index is 13.3. The highest BCUT2D eigenvalue weighted by atomic mass is 16.5. The number of amides is 3. The van der Waals surface area contributed by atoms with E-state index in [-0.39, 0.29) is 24.1 Å². The SMILES string of the molecule is CCCCOc1ccc(NC(=O)CCCN2C(=O)c3ccccc3N3C(=O)CCC23C)c(C)c1. The number of nitrogens with zero attached hydrogens (tertiary/aromatic N) is 2. The van der Waals surface area contributed by atoms with E-state index in [1.165, 1.54) is 0 Å². The summed E-state index contributed by atoms with van der Waals surface area (Å²) in [4.78, 5) is 42.1. The van der Waals surface area contributed by atoms with Gasteiger partial charge in [0.2, 0.25) is 11.8 Å². The molecule has 4 rings (SSSR count). The van der Waals surface area contributed by atoms with Crippen molar-refractivity contribution in [3.8, 4) is 5.75 Å².